The van der Waals surface area contributed by atoms with Gasteiger partial charge in [-0.15, -0.1) is 0 Å². The van der Waals surface area contributed by atoms with Crippen LogP contribution in [0.15, 0.2) is 18.3 Å². The number of hydrogen-bond donors (Lipinski definition) is 1. The molecule has 0 aliphatic heterocycles. The monoisotopic (exact) mass is 180 g/mol. The second-order valence-electron chi connectivity index (χ2n) is 3.78. The first-order chi connectivity index (χ1) is 6.24. The molecule has 1 saturated carbocycles. The van der Waals surface area contributed by atoms with Crippen molar-refractivity contribution in [1.29, 1.82) is 0 Å². The Kier molecular flexibility index (Phi) is 2.17. The van der Waals surface area contributed by atoms with E-state index in [-0.39, 0.29) is 5.82 Å². The minimum atomic E-state index is -0.285. The molecular formula is C10H13FN2. The van der Waals surface area contributed by atoms with Crippen LogP contribution < -0.4 is 5.32 Å². The highest BCUT2D eigenvalue weighted by Gasteiger charge is 2.24. The number of aromatic nitrogens is 1. The standard InChI is InChI=1S/C10H13FN2/c1-7-4-9(5-7)13-10-3-2-8(11)6-12-10/h2-3,6-7,9H,4-5H2,1H3,(H,12,13). The van der Waals surface area contributed by atoms with Crippen LogP contribution in [0.5, 0.6) is 0 Å². The summed E-state index contributed by atoms with van der Waals surface area (Å²) in [4.78, 5) is 3.94. The van der Waals surface area contributed by atoms with Gasteiger partial charge in [-0.25, -0.2) is 9.37 Å². The minimum Gasteiger partial charge on any atom is -0.367 e. The van der Waals surface area contributed by atoms with Crippen LogP contribution in [0.1, 0.15) is 19.8 Å². The predicted molar refractivity (Wildman–Crippen MR) is 50.0 cm³/mol. The third-order valence-corrected chi connectivity index (χ3v) is 2.45. The van der Waals surface area contributed by atoms with Gasteiger partial charge in [-0.3, -0.25) is 0 Å². The van der Waals surface area contributed by atoms with Gasteiger partial charge in [0, 0.05) is 6.04 Å². The average Bonchev–Trinajstić information content (AvgIpc) is 2.06. The summed E-state index contributed by atoms with van der Waals surface area (Å²) in [7, 11) is 0. The van der Waals surface area contributed by atoms with Crippen molar-refractivity contribution in [3.63, 3.8) is 0 Å². The van der Waals surface area contributed by atoms with Gasteiger partial charge in [0.05, 0.1) is 6.20 Å². The molecule has 2 nitrogen and oxygen atoms in total. The summed E-state index contributed by atoms with van der Waals surface area (Å²) in [5.74, 6) is 1.31. The first kappa shape index (κ1) is 8.48. The fraction of sp³-hybridized carbons (Fsp3) is 0.500. The van der Waals surface area contributed by atoms with Gasteiger partial charge in [0.1, 0.15) is 11.6 Å². The molecule has 1 fully saturated rings. The topological polar surface area (TPSA) is 24.9 Å². The highest BCUT2D eigenvalue weighted by molar-refractivity contribution is 5.35. The SMILES string of the molecule is CC1CC(Nc2ccc(F)cn2)C1. The molecule has 1 aliphatic rings. The zero-order chi connectivity index (χ0) is 9.26. The molecule has 2 rings (SSSR count). The fourth-order valence-corrected chi connectivity index (χ4v) is 1.69. The molecule has 0 bridgehead atoms. The summed E-state index contributed by atoms with van der Waals surface area (Å²) in [6, 6.07) is 3.64. The second kappa shape index (κ2) is 3.32. The Bertz CT molecular complexity index is 277. The number of anilines is 1. The zero-order valence-corrected chi connectivity index (χ0v) is 7.63. The Balaban J connectivity index is 1.91. The number of nitrogens with zero attached hydrogens (tertiary/aromatic N) is 1. The van der Waals surface area contributed by atoms with Crippen LogP contribution in [0.25, 0.3) is 0 Å². The van der Waals surface area contributed by atoms with Crippen molar-refractivity contribution in [2.24, 2.45) is 5.92 Å². The highest BCUT2D eigenvalue weighted by Crippen LogP contribution is 2.28. The highest BCUT2D eigenvalue weighted by atomic mass is 19.1. The molecule has 3 heteroatoms. The Labute approximate surface area is 77.2 Å². The third kappa shape index (κ3) is 1.97. The van der Waals surface area contributed by atoms with Crippen LogP contribution in [0, 0.1) is 11.7 Å². The Hall–Kier alpha value is -1.12. The van der Waals surface area contributed by atoms with Gasteiger partial charge in [-0.2, -0.15) is 0 Å². The van der Waals surface area contributed by atoms with E-state index in [2.05, 4.69) is 17.2 Å². The van der Waals surface area contributed by atoms with E-state index < -0.39 is 0 Å². The van der Waals surface area contributed by atoms with Gasteiger partial charge in [-0.05, 0) is 30.9 Å². The second-order valence-corrected chi connectivity index (χ2v) is 3.78. The van der Waals surface area contributed by atoms with Gasteiger partial charge in [0.25, 0.3) is 0 Å². The van der Waals surface area contributed by atoms with Gasteiger partial charge in [-0.1, -0.05) is 6.92 Å². The maximum atomic E-state index is 12.5. The molecule has 0 spiro atoms. The maximum Gasteiger partial charge on any atom is 0.141 e. The molecular weight excluding hydrogens is 167 g/mol. The average molecular weight is 180 g/mol. The van der Waals surface area contributed by atoms with E-state index in [0.29, 0.717) is 6.04 Å². The van der Waals surface area contributed by atoms with E-state index in [1.807, 2.05) is 0 Å². The van der Waals surface area contributed by atoms with Crippen molar-refractivity contribution in [3.8, 4) is 0 Å². The van der Waals surface area contributed by atoms with Crippen molar-refractivity contribution in [2.45, 2.75) is 25.8 Å². The Morgan fingerprint density at radius 2 is 2.23 bits per heavy atom. The lowest BCUT2D eigenvalue weighted by molar-refractivity contribution is 0.308. The van der Waals surface area contributed by atoms with Crippen molar-refractivity contribution in [2.75, 3.05) is 5.32 Å². The molecule has 0 unspecified atom stereocenters. The van der Waals surface area contributed by atoms with Crippen LogP contribution in [0.2, 0.25) is 0 Å². The molecule has 0 atom stereocenters. The van der Waals surface area contributed by atoms with Crippen molar-refractivity contribution >= 4 is 5.82 Å². The molecule has 0 aromatic carbocycles. The third-order valence-electron chi connectivity index (χ3n) is 2.45. The van der Waals surface area contributed by atoms with Gasteiger partial charge < -0.3 is 5.32 Å². The largest absolute Gasteiger partial charge is 0.367 e. The Morgan fingerprint density at radius 3 is 2.77 bits per heavy atom. The number of pyridine rings is 1. The normalized spacial score (nSPS) is 26.6. The molecule has 1 aromatic heterocycles. The molecule has 1 heterocycles. The molecule has 70 valence electrons. The number of hydrogen-bond acceptors (Lipinski definition) is 2. The van der Waals surface area contributed by atoms with Gasteiger partial charge in [0.15, 0.2) is 0 Å². The lowest BCUT2D eigenvalue weighted by Gasteiger charge is -2.33. The molecule has 0 radical (unpaired) electrons. The lowest BCUT2D eigenvalue weighted by Crippen LogP contribution is -2.33. The maximum absolute atomic E-state index is 12.5. The van der Waals surface area contributed by atoms with E-state index in [9.17, 15) is 4.39 Å². The van der Waals surface area contributed by atoms with E-state index in [4.69, 9.17) is 0 Å². The molecule has 0 saturated heterocycles. The summed E-state index contributed by atoms with van der Waals surface area (Å²) in [5.41, 5.74) is 0. The molecule has 1 aliphatic carbocycles. The smallest absolute Gasteiger partial charge is 0.141 e. The molecule has 1 aromatic rings. The van der Waals surface area contributed by atoms with Crippen LogP contribution in [0.3, 0.4) is 0 Å². The van der Waals surface area contributed by atoms with E-state index in [1.165, 1.54) is 25.1 Å². The van der Waals surface area contributed by atoms with Gasteiger partial charge >= 0.3 is 0 Å². The molecule has 1 N–H and O–H groups in total. The van der Waals surface area contributed by atoms with Crippen LogP contribution >= 0.6 is 0 Å². The summed E-state index contributed by atoms with van der Waals surface area (Å²) in [6.45, 7) is 2.23. The number of nitrogens with one attached hydrogen (secondary N) is 1. The molecule has 13 heavy (non-hydrogen) atoms. The van der Waals surface area contributed by atoms with Crippen molar-refractivity contribution in [3.05, 3.63) is 24.1 Å². The summed E-state index contributed by atoms with van der Waals surface area (Å²) < 4.78 is 12.5. The Morgan fingerprint density at radius 1 is 1.46 bits per heavy atom. The fourth-order valence-electron chi connectivity index (χ4n) is 1.69. The van der Waals surface area contributed by atoms with E-state index in [1.54, 1.807) is 6.07 Å². The van der Waals surface area contributed by atoms with Crippen LogP contribution in [-0.2, 0) is 0 Å². The van der Waals surface area contributed by atoms with E-state index >= 15 is 0 Å². The summed E-state index contributed by atoms with van der Waals surface area (Å²) in [5, 5.41) is 3.26. The van der Waals surface area contributed by atoms with Crippen LogP contribution in [0.4, 0.5) is 10.2 Å². The first-order valence-electron chi connectivity index (χ1n) is 4.62. The van der Waals surface area contributed by atoms with Gasteiger partial charge in [0.2, 0.25) is 0 Å². The van der Waals surface area contributed by atoms with Crippen LogP contribution in [-0.4, -0.2) is 11.0 Å². The minimum absolute atomic E-state index is 0.285. The quantitative estimate of drug-likeness (QED) is 0.756. The number of halogens is 1. The number of rotatable bonds is 2. The summed E-state index contributed by atoms with van der Waals surface area (Å²) >= 11 is 0. The first-order valence-corrected chi connectivity index (χ1v) is 4.62. The molecule has 0 amide bonds. The van der Waals surface area contributed by atoms with Crippen molar-refractivity contribution < 1.29 is 4.39 Å². The lowest BCUT2D eigenvalue weighted by atomic mass is 9.82. The predicted octanol–water partition coefficient (Wildman–Crippen LogP) is 2.43. The van der Waals surface area contributed by atoms with E-state index in [0.717, 1.165) is 11.7 Å². The summed E-state index contributed by atoms with van der Waals surface area (Å²) in [6.07, 6.45) is 3.63. The van der Waals surface area contributed by atoms with Crippen molar-refractivity contribution in [1.82, 2.24) is 4.98 Å². The zero-order valence-electron chi connectivity index (χ0n) is 7.63.